The summed E-state index contributed by atoms with van der Waals surface area (Å²) < 4.78 is 11.7. The van der Waals surface area contributed by atoms with Crippen LogP contribution in [-0.4, -0.2) is 21.6 Å². The molecule has 0 unspecified atom stereocenters. The van der Waals surface area contributed by atoms with E-state index in [4.69, 9.17) is 55.2 Å². The van der Waals surface area contributed by atoms with E-state index in [-0.39, 0.29) is 30.2 Å². The van der Waals surface area contributed by atoms with Crippen molar-refractivity contribution in [3.05, 3.63) is 139 Å². The maximum absolute atomic E-state index is 6.75. The summed E-state index contributed by atoms with van der Waals surface area (Å²) in [6.45, 7) is 30.8. The van der Waals surface area contributed by atoms with Gasteiger partial charge in [0.2, 0.25) is 0 Å². The molecule has 0 saturated heterocycles. The van der Waals surface area contributed by atoms with Gasteiger partial charge in [-0.25, -0.2) is 0 Å². The van der Waals surface area contributed by atoms with E-state index >= 15 is 0 Å². The molecule has 0 aliphatic rings. The van der Waals surface area contributed by atoms with E-state index in [2.05, 4.69) is 141 Å². The first-order valence-electron chi connectivity index (χ1n) is 20.9. The zero-order chi connectivity index (χ0) is 45.7. The standard InChI is InChI=1S/2C25H25Cl2OSi.C2H6Si.2ClH.Zr/c2*1-14-9-17-10-18(23-8-7-15(2)28-23)11-20(17)24(16(14)3)19-12-21(26)25(22(27)13-19)29(4,5)6;1-3-2;;;/h2*7-13H,1-6H3;1-2H3;2*1H;/q2*-1;;;;+2/p-2. The van der Waals surface area contributed by atoms with E-state index < -0.39 is 16.1 Å². The van der Waals surface area contributed by atoms with Crippen molar-refractivity contribution < 1.29 is 57.0 Å². The third kappa shape index (κ3) is 12.0. The van der Waals surface area contributed by atoms with Crippen molar-refractivity contribution in [1.29, 1.82) is 0 Å². The predicted octanol–water partition coefficient (Wildman–Crippen LogP) is 11.3. The second-order valence-electron chi connectivity index (χ2n) is 18.8. The van der Waals surface area contributed by atoms with Crippen LogP contribution in [0.1, 0.15) is 33.8 Å². The number of aryl methyl sites for hydroxylation is 4. The number of fused-ring (bicyclic) bond motifs is 2. The largest absolute Gasteiger partial charge is 1.00 e. The van der Waals surface area contributed by atoms with E-state index in [1.807, 2.05) is 38.1 Å². The van der Waals surface area contributed by atoms with E-state index in [0.717, 1.165) is 75.8 Å². The monoisotopic (exact) mass is 1100 g/mol. The van der Waals surface area contributed by atoms with Gasteiger partial charge in [-0.05, 0) is 123 Å². The average molecular weight is 1100 g/mol. The zero-order valence-electron chi connectivity index (χ0n) is 39.2. The molecule has 0 radical (unpaired) electrons. The topological polar surface area (TPSA) is 26.3 Å². The van der Waals surface area contributed by atoms with Crippen molar-refractivity contribution in [2.24, 2.45) is 0 Å². The second-order valence-corrected chi connectivity index (χ2v) is 39.8. The molecule has 0 aliphatic heterocycles. The fourth-order valence-corrected chi connectivity index (χ4v) is 15.8. The molecule has 0 amide bonds. The van der Waals surface area contributed by atoms with E-state index in [1.54, 1.807) is 23.3 Å². The van der Waals surface area contributed by atoms with Crippen molar-refractivity contribution in [1.82, 2.24) is 0 Å². The van der Waals surface area contributed by atoms with Gasteiger partial charge < -0.3 is 33.6 Å². The Kier molecular flexibility index (Phi) is 18.3. The van der Waals surface area contributed by atoms with Crippen LogP contribution < -0.4 is 35.2 Å². The summed E-state index contributed by atoms with van der Waals surface area (Å²) in [5, 5.41) is 10.1. The average Bonchev–Trinajstić information content (AvgIpc) is 3.94. The SMILES string of the molecule is C[Si](C)=[Zr+2].Cc1ccc(-c2cc3c(-c4cc(Cl)c([Si](C)(C)C)c(Cl)c4)c(C)c(C)cc3[cH-]2)o1.Cc1ccc(-c2cc3c(-c4cc(Cl)c([Si](C)(C)C)c(Cl)c4)c(C)c(C)cc3[cH-]2)o1.[Cl-].[Cl-]. The Balaban J connectivity index is 0.000000252. The van der Waals surface area contributed by atoms with Crippen LogP contribution in [0.4, 0.5) is 0 Å². The summed E-state index contributed by atoms with van der Waals surface area (Å²) in [4.78, 5) is 0. The van der Waals surface area contributed by atoms with Crippen molar-refractivity contribution in [3.8, 4) is 44.9 Å². The van der Waals surface area contributed by atoms with E-state index in [1.165, 1.54) is 54.9 Å². The molecule has 8 rings (SSSR count). The number of rotatable bonds is 6. The molecule has 2 aromatic heterocycles. The van der Waals surface area contributed by atoms with Gasteiger partial charge in [0.25, 0.3) is 0 Å². The first kappa shape index (κ1) is 54.5. The zero-order valence-corrected chi connectivity index (χ0v) is 49.2. The fourth-order valence-electron chi connectivity index (χ4n) is 8.28. The fraction of sp³-hybridized carbons (Fsp3) is 0.269. The summed E-state index contributed by atoms with van der Waals surface area (Å²) >= 11 is 28.7. The van der Waals surface area contributed by atoms with Gasteiger partial charge >= 0.3 is 41.9 Å². The Bertz CT molecular complexity index is 2750. The Morgan fingerprint density at radius 2 is 0.797 bits per heavy atom. The van der Waals surface area contributed by atoms with Gasteiger partial charge in [0.05, 0.1) is 39.2 Å². The summed E-state index contributed by atoms with van der Waals surface area (Å²) in [6.07, 6.45) is 0. The summed E-state index contributed by atoms with van der Waals surface area (Å²) in [5.74, 6) is 3.62. The molecule has 0 saturated carbocycles. The number of halogens is 6. The minimum atomic E-state index is -1.64. The third-order valence-corrected chi connectivity index (χ3v) is 17.2. The van der Waals surface area contributed by atoms with Crippen molar-refractivity contribution in [2.75, 3.05) is 0 Å². The number of benzene rings is 4. The molecule has 64 heavy (non-hydrogen) atoms. The smallest absolute Gasteiger partial charge is 0.0896 e. The molecular weight excluding hydrogens is 1040 g/mol. The summed E-state index contributed by atoms with van der Waals surface area (Å²) in [5.41, 5.74) is 11.9. The summed E-state index contributed by atoms with van der Waals surface area (Å²) in [7, 11) is -3.28. The van der Waals surface area contributed by atoms with Crippen molar-refractivity contribution in [3.63, 3.8) is 0 Å². The second kappa shape index (κ2) is 21.5. The quantitative estimate of drug-likeness (QED) is 0.123. The molecule has 336 valence electrons. The molecule has 0 spiro atoms. The van der Waals surface area contributed by atoms with Crippen molar-refractivity contribution >= 4 is 99.9 Å². The molecule has 0 bridgehead atoms. The van der Waals surface area contributed by atoms with Gasteiger partial charge in [-0.1, -0.05) is 119 Å². The molecule has 2 heterocycles. The number of hydrogen-bond acceptors (Lipinski definition) is 2. The first-order valence-corrected chi connectivity index (χ1v) is 35.6. The van der Waals surface area contributed by atoms with Crippen LogP contribution in [0.2, 0.25) is 72.5 Å². The van der Waals surface area contributed by atoms with E-state index in [9.17, 15) is 0 Å². The van der Waals surface area contributed by atoms with Gasteiger partial charge in [-0.3, -0.25) is 0 Å². The molecule has 12 heteroatoms. The molecule has 6 aromatic carbocycles. The molecule has 0 fully saturated rings. The maximum atomic E-state index is 6.75. The van der Waals surface area contributed by atoms with Crippen LogP contribution >= 0.6 is 46.4 Å². The molecule has 8 aromatic rings. The normalized spacial score (nSPS) is 11.4. The van der Waals surface area contributed by atoms with Crippen LogP contribution in [0.5, 0.6) is 0 Å². The molecule has 0 aliphatic carbocycles. The first-order chi connectivity index (χ1) is 28.8. The van der Waals surface area contributed by atoms with Crippen LogP contribution in [0.3, 0.4) is 0 Å². The van der Waals surface area contributed by atoms with Crippen molar-refractivity contribution in [2.45, 2.75) is 93.9 Å². The van der Waals surface area contributed by atoms with E-state index in [0.29, 0.717) is 0 Å². The van der Waals surface area contributed by atoms with Gasteiger partial charge in [0.1, 0.15) is 0 Å². The Morgan fingerprint density at radius 1 is 0.500 bits per heavy atom. The Hall–Kier alpha value is -2.07. The van der Waals surface area contributed by atoms with Crippen LogP contribution in [0.25, 0.3) is 66.4 Å². The van der Waals surface area contributed by atoms with Gasteiger partial charge in [-0.15, -0.1) is 57.9 Å². The number of hydrogen-bond donors (Lipinski definition) is 0. The van der Waals surface area contributed by atoms with Gasteiger partial charge in [0.15, 0.2) is 0 Å². The minimum Gasteiger partial charge on any atom is -1.00 e. The molecule has 0 atom stereocenters. The Morgan fingerprint density at radius 3 is 1.05 bits per heavy atom. The van der Waals surface area contributed by atoms with Crippen LogP contribution in [0.15, 0.2) is 93.8 Å². The number of furan rings is 2. The molecule has 0 N–H and O–H groups in total. The maximum Gasteiger partial charge on any atom is 0.0896 e. The predicted molar refractivity (Wildman–Crippen MR) is 277 cm³/mol. The van der Waals surface area contributed by atoms with Crippen LogP contribution in [-0.2, 0) is 23.3 Å². The Labute approximate surface area is 430 Å². The molecular formula is C52H56Cl6O2Si3Zr-2. The summed E-state index contributed by atoms with van der Waals surface area (Å²) in [6, 6.07) is 29.7. The van der Waals surface area contributed by atoms with Gasteiger partial charge in [0, 0.05) is 20.1 Å². The third-order valence-electron chi connectivity index (χ3n) is 11.3. The van der Waals surface area contributed by atoms with Gasteiger partial charge in [-0.2, -0.15) is 0 Å². The molecule has 2 nitrogen and oxygen atoms in total. The minimum absolute atomic E-state index is 0. The van der Waals surface area contributed by atoms with Crippen LogP contribution in [0, 0.1) is 41.5 Å².